The van der Waals surface area contributed by atoms with E-state index >= 15 is 0 Å². The van der Waals surface area contributed by atoms with Gasteiger partial charge in [0.2, 0.25) is 11.7 Å². The molecule has 0 unspecified atom stereocenters. The maximum atomic E-state index is 12.5. The quantitative estimate of drug-likeness (QED) is 0.431. The number of rotatable bonds is 8. The van der Waals surface area contributed by atoms with E-state index in [1.165, 1.54) is 19.9 Å². The molecule has 0 aliphatic heterocycles. The molecule has 2 rings (SSSR count). The third-order valence-electron chi connectivity index (χ3n) is 3.74. The Hall–Kier alpha value is -3.41. The van der Waals surface area contributed by atoms with Crippen LogP contribution >= 0.6 is 0 Å². The van der Waals surface area contributed by atoms with E-state index in [0.717, 1.165) is 0 Å². The number of ketones is 1. The van der Waals surface area contributed by atoms with Crippen LogP contribution in [0.2, 0.25) is 0 Å². The number of benzene rings is 2. The minimum Gasteiger partial charge on any atom is -0.494 e. The molecule has 0 radical (unpaired) electrons. The van der Waals surface area contributed by atoms with Crippen LogP contribution in [0.3, 0.4) is 0 Å². The van der Waals surface area contributed by atoms with Crippen molar-refractivity contribution in [1.29, 1.82) is 0 Å². The largest absolute Gasteiger partial charge is 0.494 e. The Morgan fingerprint density at radius 2 is 1.68 bits per heavy atom. The molecule has 0 heterocycles. The maximum Gasteiger partial charge on any atom is 0.355 e. The van der Waals surface area contributed by atoms with E-state index in [2.05, 4.69) is 5.32 Å². The van der Waals surface area contributed by atoms with Crippen LogP contribution < -0.4 is 10.1 Å². The van der Waals surface area contributed by atoms with Crippen molar-refractivity contribution in [3.05, 3.63) is 71.4 Å². The highest BCUT2D eigenvalue weighted by Gasteiger charge is 2.22. The van der Waals surface area contributed by atoms with Gasteiger partial charge in [-0.25, -0.2) is 4.79 Å². The van der Waals surface area contributed by atoms with Crippen LogP contribution in [0.1, 0.15) is 36.7 Å². The lowest BCUT2D eigenvalue weighted by Crippen LogP contribution is -2.31. The van der Waals surface area contributed by atoms with Gasteiger partial charge in [-0.05, 0) is 49.8 Å². The van der Waals surface area contributed by atoms with Crippen molar-refractivity contribution in [3.63, 3.8) is 0 Å². The lowest BCUT2D eigenvalue weighted by molar-refractivity contribution is -0.142. The molecular formula is C22H23NO5. The molecule has 0 aliphatic rings. The van der Waals surface area contributed by atoms with Gasteiger partial charge in [0.05, 0.1) is 6.61 Å². The van der Waals surface area contributed by atoms with Gasteiger partial charge in [-0.3, -0.25) is 9.59 Å². The van der Waals surface area contributed by atoms with Crippen LogP contribution in [0.5, 0.6) is 5.75 Å². The van der Waals surface area contributed by atoms with Crippen LogP contribution in [0, 0.1) is 0 Å². The van der Waals surface area contributed by atoms with Gasteiger partial charge in [-0.1, -0.05) is 30.3 Å². The summed E-state index contributed by atoms with van der Waals surface area (Å²) in [5.74, 6) is -0.892. The second-order valence-corrected chi connectivity index (χ2v) is 6.02. The molecule has 1 amide bonds. The summed E-state index contributed by atoms with van der Waals surface area (Å²) < 4.78 is 10.6. The lowest BCUT2D eigenvalue weighted by atomic mass is 10.1. The van der Waals surface area contributed by atoms with Gasteiger partial charge in [-0.15, -0.1) is 0 Å². The molecule has 0 bridgehead atoms. The molecule has 6 nitrogen and oxygen atoms in total. The molecule has 2 aromatic rings. The summed E-state index contributed by atoms with van der Waals surface area (Å²) in [5, 5.41) is 2.45. The molecule has 0 saturated carbocycles. The first-order valence-corrected chi connectivity index (χ1v) is 8.93. The SMILES string of the molecule is CCOc1ccc(C(=O)[C@@H](C)OC(=O)/C(=C/c2ccccc2)NC(C)=O)cc1. The van der Waals surface area contributed by atoms with Crippen molar-refractivity contribution in [2.75, 3.05) is 6.61 Å². The van der Waals surface area contributed by atoms with Crippen LogP contribution in [0.4, 0.5) is 0 Å². The Morgan fingerprint density at radius 3 is 2.25 bits per heavy atom. The molecule has 0 aliphatic carbocycles. The highest BCUT2D eigenvalue weighted by molar-refractivity contribution is 6.03. The fourth-order valence-corrected chi connectivity index (χ4v) is 2.45. The number of ether oxygens (including phenoxy) is 2. The number of hydrogen-bond acceptors (Lipinski definition) is 5. The second-order valence-electron chi connectivity index (χ2n) is 6.02. The fraction of sp³-hybridized carbons (Fsp3) is 0.227. The molecule has 6 heteroatoms. The summed E-state index contributed by atoms with van der Waals surface area (Å²) in [4.78, 5) is 36.5. The Morgan fingerprint density at radius 1 is 1.04 bits per heavy atom. The monoisotopic (exact) mass is 381 g/mol. The van der Waals surface area contributed by atoms with E-state index in [1.54, 1.807) is 48.5 Å². The van der Waals surface area contributed by atoms with Crippen molar-refractivity contribution in [3.8, 4) is 5.75 Å². The number of esters is 1. The van der Waals surface area contributed by atoms with Crippen LogP contribution in [0.15, 0.2) is 60.3 Å². The zero-order valence-electron chi connectivity index (χ0n) is 16.1. The van der Waals surface area contributed by atoms with Crippen molar-refractivity contribution >= 4 is 23.7 Å². The van der Waals surface area contributed by atoms with E-state index < -0.39 is 18.0 Å². The predicted octanol–water partition coefficient (Wildman–Crippen LogP) is 3.38. The van der Waals surface area contributed by atoms with Gasteiger partial charge >= 0.3 is 5.97 Å². The van der Waals surface area contributed by atoms with Crippen molar-refractivity contribution in [2.24, 2.45) is 0 Å². The summed E-state index contributed by atoms with van der Waals surface area (Å²) in [7, 11) is 0. The van der Waals surface area contributed by atoms with E-state index in [1.807, 2.05) is 13.0 Å². The number of amides is 1. The molecule has 146 valence electrons. The first-order valence-electron chi connectivity index (χ1n) is 8.93. The number of carbonyl (C=O) groups excluding carboxylic acids is 3. The predicted molar refractivity (Wildman–Crippen MR) is 106 cm³/mol. The van der Waals surface area contributed by atoms with E-state index in [9.17, 15) is 14.4 Å². The van der Waals surface area contributed by atoms with E-state index in [4.69, 9.17) is 9.47 Å². The van der Waals surface area contributed by atoms with Crippen molar-refractivity contribution in [2.45, 2.75) is 26.9 Å². The molecule has 0 fully saturated rings. The number of nitrogens with one attached hydrogen (secondary N) is 1. The minimum atomic E-state index is -1.02. The molecule has 0 spiro atoms. The van der Waals surface area contributed by atoms with Gasteiger partial charge in [0.1, 0.15) is 11.4 Å². The number of hydrogen-bond donors (Lipinski definition) is 1. The smallest absolute Gasteiger partial charge is 0.355 e. The molecule has 0 saturated heterocycles. The summed E-state index contributed by atoms with van der Waals surface area (Å²) in [6.45, 7) is 5.18. The third-order valence-corrected chi connectivity index (χ3v) is 3.74. The van der Waals surface area contributed by atoms with E-state index in [0.29, 0.717) is 23.5 Å². The summed E-state index contributed by atoms with van der Waals surface area (Å²) in [5.41, 5.74) is 1.08. The maximum absolute atomic E-state index is 12.5. The molecular weight excluding hydrogens is 358 g/mol. The molecule has 0 aromatic heterocycles. The summed E-state index contributed by atoms with van der Waals surface area (Å²) in [6.07, 6.45) is 0.482. The lowest BCUT2D eigenvalue weighted by Gasteiger charge is -2.14. The zero-order valence-corrected chi connectivity index (χ0v) is 16.1. The molecule has 1 N–H and O–H groups in total. The highest BCUT2D eigenvalue weighted by Crippen LogP contribution is 2.15. The Balaban J connectivity index is 2.11. The van der Waals surface area contributed by atoms with Crippen LogP contribution in [0.25, 0.3) is 6.08 Å². The fourth-order valence-electron chi connectivity index (χ4n) is 2.45. The number of Topliss-reactive ketones (excluding diaryl/α,β-unsaturated/α-hetero) is 1. The molecule has 2 aromatic carbocycles. The molecule has 28 heavy (non-hydrogen) atoms. The minimum absolute atomic E-state index is 0.0370. The summed E-state index contributed by atoms with van der Waals surface area (Å²) >= 11 is 0. The Labute approximate surface area is 164 Å². The van der Waals surface area contributed by atoms with Crippen molar-refractivity contribution < 1.29 is 23.9 Å². The third kappa shape index (κ3) is 6.09. The topological polar surface area (TPSA) is 81.7 Å². The number of carbonyl (C=O) groups is 3. The Bertz CT molecular complexity index is 856. The average Bonchev–Trinajstić information content (AvgIpc) is 2.68. The van der Waals surface area contributed by atoms with Crippen LogP contribution in [-0.4, -0.2) is 30.4 Å². The average molecular weight is 381 g/mol. The summed E-state index contributed by atoms with van der Waals surface area (Å²) in [6, 6.07) is 15.6. The standard InChI is InChI=1S/C22H23NO5/c1-4-27-19-12-10-18(11-13-19)21(25)15(2)28-22(26)20(23-16(3)24)14-17-8-6-5-7-9-17/h5-15H,4H2,1-3H3,(H,23,24)/b20-14-/t15-/m1/s1. The first-order chi connectivity index (χ1) is 13.4. The van der Waals surface area contributed by atoms with Gasteiger partial charge in [-0.2, -0.15) is 0 Å². The van der Waals surface area contributed by atoms with E-state index in [-0.39, 0.29) is 11.5 Å². The van der Waals surface area contributed by atoms with Crippen LogP contribution in [-0.2, 0) is 14.3 Å². The zero-order chi connectivity index (χ0) is 20.5. The second kappa shape index (κ2) is 10.1. The normalized spacial score (nSPS) is 12.0. The van der Waals surface area contributed by atoms with Gasteiger partial charge in [0, 0.05) is 12.5 Å². The van der Waals surface area contributed by atoms with Gasteiger partial charge in [0.25, 0.3) is 0 Å². The van der Waals surface area contributed by atoms with Crippen molar-refractivity contribution in [1.82, 2.24) is 5.32 Å². The highest BCUT2D eigenvalue weighted by atomic mass is 16.5. The molecule has 1 atom stereocenters. The first kappa shape index (κ1) is 20.9. The Kier molecular flexibility index (Phi) is 7.51. The van der Waals surface area contributed by atoms with Gasteiger partial charge in [0.15, 0.2) is 6.10 Å². The van der Waals surface area contributed by atoms with Gasteiger partial charge < -0.3 is 14.8 Å².